The zero-order valence-electron chi connectivity index (χ0n) is 13.1. The molecule has 0 radical (unpaired) electrons. The zero-order chi connectivity index (χ0) is 15.9. The van der Waals surface area contributed by atoms with Gasteiger partial charge in [0.25, 0.3) is 0 Å². The molecule has 5 heteroatoms. The van der Waals surface area contributed by atoms with Crippen LogP contribution in [0.5, 0.6) is 5.88 Å². The third-order valence-corrected chi connectivity index (χ3v) is 4.20. The van der Waals surface area contributed by atoms with Crippen LogP contribution in [-0.2, 0) is 6.54 Å². The fourth-order valence-corrected chi connectivity index (χ4v) is 2.82. The van der Waals surface area contributed by atoms with E-state index in [-0.39, 0.29) is 0 Å². The van der Waals surface area contributed by atoms with Crippen LogP contribution >= 0.6 is 0 Å². The van der Waals surface area contributed by atoms with E-state index in [0.717, 1.165) is 32.5 Å². The molecule has 2 aromatic rings. The van der Waals surface area contributed by atoms with Crippen LogP contribution in [0.2, 0.25) is 0 Å². The summed E-state index contributed by atoms with van der Waals surface area (Å²) in [6.45, 7) is 3.82. The van der Waals surface area contributed by atoms with Crippen LogP contribution in [0.1, 0.15) is 24.0 Å². The molecule has 1 aromatic heterocycles. The maximum atomic E-state index is 8.83. The largest absolute Gasteiger partial charge is 0.476 e. The molecule has 0 unspecified atom stereocenters. The van der Waals surface area contributed by atoms with Gasteiger partial charge in [0.05, 0.1) is 24.4 Å². The third-order valence-electron chi connectivity index (χ3n) is 4.20. The van der Waals surface area contributed by atoms with Crippen molar-refractivity contribution in [3.8, 4) is 11.9 Å². The van der Waals surface area contributed by atoms with Crippen LogP contribution in [0.3, 0.4) is 0 Å². The first-order valence-electron chi connectivity index (χ1n) is 7.93. The minimum Gasteiger partial charge on any atom is -0.476 e. The average Bonchev–Trinajstić information content (AvgIpc) is 2.63. The monoisotopic (exact) mass is 308 g/mol. The number of nitrogens with zero attached hydrogens (tertiary/aromatic N) is 4. The second-order valence-electron chi connectivity index (χ2n) is 5.88. The summed E-state index contributed by atoms with van der Waals surface area (Å²) in [4.78, 5) is 10.6. The SMILES string of the molecule is N#Cc1ccc(CN2CCC(COc3cnccn3)CC2)cc1. The number of likely N-dealkylation sites (tertiary alicyclic amines) is 1. The minimum atomic E-state index is 0.578. The smallest absolute Gasteiger partial charge is 0.232 e. The lowest BCUT2D eigenvalue weighted by Gasteiger charge is -2.31. The van der Waals surface area contributed by atoms with Gasteiger partial charge in [0.15, 0.2) is 0 Å². The lowest BCUT2D eigenvalue weighted by atomic mass is 9.97. The van der Waals surface area contributed by atoms with Crippen molar-refractivity contribution in [3.63, 3.8) is 0 Å². The summed E-state index contributed by atoms with van der Waals surface area (Å²) >= 11 is 0. The van der Waals surface area contributed by atoms with Gasteiger partial charge in [-0.15, -0.1) is 0 Å². The van der Waals surface area contributed by atoms with E-state index >= 15 is 0 Å². The molecule has 1 saturated heterocycles. The van der Waals surface area contributed by atoms with Crippen LogP contribution in [0.4, 0.5) is 0 Å². The maximum absolute atomic E-state index is 8.83. The van der Waals surface area contributed by atoms with Crippen LogP contribution in [0, 0.1) is 17.2 Å². The van der Waals surface area contributed by atoms with E-state index in [1.807, 2.05) is 24.3 Å². The second-order valence-corrected chi connectivity index (χ2v) is 5.88. The molecule has 0 saturated carbocycles. The van der Waals surface area contributed by atoms with Gasteiger partial charge in [0.2, 0.25) is 5.88 Å². The average molecular weight is 308 g/mol. The molecular formula is C18H20N4O. The topological polar surface area (TPSA) is 62.0 Å². The van der Waals surface area contributed by atoms with Gasteiger partial charge >= 0.3 is 0 Å². The summed E-state index contributed by atoms with van der Waals surface area (Å²) in [5.74, 6) is 1.18. The molecule has 0 amide bonds. The summed E-state index contributed by atoms with van der Waals surface area (Å²) in [7, 11) is 0. The van der Waals surface area contributed by atoms with Gasteiger partial charge in [0.1, 0.15) is 0 Å². The van der Waals surface area contributed by atoms with E-state index in [0.29, 0.717) is 24.0 Å². The lowest BCUT2D eigenvalue weighted by molar-refractivity contribution is 0.134. The van der Waals surface area contributed by atoms with Gasteiger partial charge in [-0.3, -0.25) is 9.88 Å². The van der Waals surface area contributed by atoms with E-state index < -0.39 is 0 Å². The van der Waals surface area contributed by atoms with Crippen molar-refractivity contribution < 1.29 is 4.74 Å². The molecule has 0 aliphatic carbocycles. The molecule has 0 N–H and O–H groups in total. The van der Waals surface area contributed by atoms with E-state index in [1.165, 1.54) is 5.56 Å². The highest BCUT2D eigenvalue weighted by molar-refractivity contribution is 5.31. The van der Waals surface area contributed by atoms with Gasteiger partial charge in [0, 0.05) is 18.9 Å². The van der Waals surface area contributed by atoms with Crippen molar-refractivity contribution in [1.82, 2.24) is 14.9 Å². The van der Waals surface area contributed by atoms with Crippen LogP contribution in [-0.4, -0.2) is 34.6 Å². The Hall–Kier alpha value is -2.45. The number of rotatable bonds is 5. The Kier molecular flexibility index (Phi) is 5.17. The number of hydrogen-bond acceptors (Lipinski definition) is 5. The molecule has 1 aliphatic heterocycles. The lowest BCUT2D eigenvalue weighted by Crippen LogP contribution is -2.35. The molecule has 1 fully saturated rings. The predicted octanol–water partition coefficient (Wildman–Crippen LogP) is 2.64. The van der Waals surface area contributed by atoms with Crippen molar-refractivity contribution in [2.24, 2.45) is 5.92 Å². The first kappa shape index (κ1) is 15.4. The maximum Gasteiger partial charge on any atom is 0.232 e. The number of ether oxygens (including phenoxy) is 1. The summed E-state index contributed by atoms with van der Waals surface area (Å²) in [6.07, 6.45) is 7.22. The molecule has 5 nitrogen and oxygen atoms in total. The molecule has 1 aromatic carbocycles. The van der Waals surface area contributed by atoms with E-state index in [2.05, 4.69) is 20.9 Å². The highest BCUT2D eigenvalue weighted by atomic mass is 16.5. The molecule has 3 rings (SSSR count). The molecule has 1 aliphatic rings. The van der Waals surface area contributed by atoms with E-state index in [1.54, 1.807) is 18.6 Å². The Morgan fingerprint density at radius 3 is 2.61 bits per heavy atom. The Bertz CT molecular complexity index is 643. The summed E-state index contributed by atoms with van der Waals surface area (Å²) < 4.78 is 5.70. The summed E-state index contributed by atoms with van der Waals surface area (Å²) in [6, 6.07) is 10.0. The van der Waals surface area contributed by atoms with Crippen molar-refractivity contribution in [1.29, 1.82) is 5.26 Å². The molecule has 23 heavy (non-hydrogen) atoms. The van der Waals surface area contributed by atoms with Crippen molar-refractivity contribution in [2.45, 2.75) is 19.4 Å². The van der Waals surface area contributed by atoms with Gasteiger partial charge in [-0.05, 0) is 49.5 Å². The number of aromatic nitrogens is 2. The van der Waals surface area contributed by atoms with Gasteiger partial charge < -0.3 is 4.74 Å². The first-order chi connectivity index (χ1) is 11.3. The summed E-state index contributed by atoms with van der Waals surface area (Å²) in [5.41, 5.74) is 1.98. The predicted molar refractivity (Wildman–Crippen MR) is 86.7 cm³/mol. The highest BCUT2D eigenvalue weighted by Crippen LogP contribution is 2.20. The zero-order valence-corrected chi connectivity index (χ0v) is 13.1. The number of hydrogen-bond donors (Lipinski definition) is 0. The van der Waals surface area contributed by atoms with Gasteiger partial charge in [-0.25, -0.2) is 4.98 Å². The first-order valence-corrected chi connectivity index (χ1v) is 7.93. The molecule has 118 valence electrons. The molecule has 2 heterocycles. The van der Waals surface area contributed by atoms with Crippen LogP contribution < -0.4 is 4.74 Å². The third kappa shape index (κ3) is 4.51. The standard InChI is InChI=1S/C18H20N4O/c19-11-15-1-3-16(4-2-15)13-22-9-5-17(6-10-22)14-23-18-12-20-7-8-21-18/h1-4,7-8,12,17H,5-6,9-10,13-14H2. The molecule has 0 spiro atoms. The van der Waals surface area contributed by atoms with Crippen molar-refractivity contribution in [3.05, 3.63) is 54.0 Å². The van der Waals surface area contributed by atoms with Crippen LogP contribution in [0.25, 0.3) is 0 Å². The van der Waals surface area contributed by atoms with E-state index in [4.69, 9.17) is 10.00 Å². The Balaban J connectivity index is 1.42. The minimum absolute atomic E-state index is 0.578. The number of benzene rings is 1. The molecular weight excluding hydrogens is 288 g/mol. The Labute approximate surface area is 136 Å². The second kappa shape index (κ2) is 7.70. The van der Waals surface area contributed by atoms with Gasteiger partial charge in [-0.1, -0.05) is 12.1 Å². The fraction of sp³-hybridized carbons (Fsp3) is 0.389. The molecule has 0 atom stereocenters. The normalized spacial score (nSPS) is 16.0. The van der Waals surface area contributed by atoms with Crippen molar-refractivity contribution >= 4 is 0 Å². The van der Waals surface area contributed by atoms with E-state index in [9.17, 15) is 0 Å². The van der Waals surface area contributed by atoms with Gasteiger partial charge in [-0.2, -0.15) is 5.26 Å². The summed E-state index contributed by atoms with van der Waals surface area (Å²) in [5, 5.41) is 8.83. The fourth-order valence-electron chi connectivity index (χ4n) is 2.82. The van der Waals surface area contributed by atoms with Crippen LogP contribution in [0.15, 0.2) is 42.9 Å². The molecule has 0 bridgehead atoms. The number of piperidine rings is 1. The highest BCUT2D eigenvalue weighted by Gasteiger charge is 2.20. The van der Waals surface area contributed by atoms with Crippen molar-refractivity contribution in [2.75, 3.05) is 19.7 Å². The quantitative estimate of drug-likeness (QED) is 0.849. The number of nitriles is 1. The Morgan fingerprint density at radius 2 is 1.96 bits per heavy atom. The Morgan fingerprint density at radius 1 is 1.17 bits per heavy atom.